The topological polar surface area (TPSA) is 41.6 Å². The van der Waals surface area contributed by atoms with E-state index < -0.39 is 0 Å². The van der Waals surface area contributed by atoms with Crippen molar-refractivity contribution in [3.8, 4) is 5.75 Å². The Balaban J connectivity index is 2.78. The highest BCUT2D eigenvalue weighted by Crippen LogP contribution is 2.28. The molecular formula is C12H17ClN2O2. The van der Waals surface area contributed by atoms with Crippen molar-refractivity contribution in [3.05, 3.63) is 28.8 Å². The molecule has 1 amide bonds. The molecule has 0 unspecified atom stereocenters. The lowest BCUT2D eigenvalue weighted by molar-refractivity contribution is -0.130. The van der Waals surface area contributed by atoms with Crippen molar-refractivity contribution < 1.29 is 9.53 Å². The van der Waals surface area contributed by atoms with E-state index >= 15 is 0 Å². The lowest BCUT2D eigenvalue weighted by Crippen LogP contribution is -2.27. The van der Waals surface area contributed by atoms with E-state index in [1.165, 1.54) is 4.90 Å². The number of hydrogen-bond donors (Lipinski definition) is 1. The molecule has 0 spiro atoms. The molecule has 1 aromatic carbocycles. The molecule has 0 radical (unpaired) electrons. The van der Waals surface area contributed by atoms with Crippen molar-refractivity contribution in [2.24, 2.45) is 0 Å². The van der Waals surface area contributed by atoms with Gasteiger partial charge in [-0.2, -0.15) is 0 Å². The van der Waals surface area contributed by atoms with Gasteiger partial charge in [-0.1, -0.05) is 23.7 Å². The van der Waals surface area contributed by atoms with Gasteiger partial charge in [-0.05, 0) is 13.1 Å². The second kappa shape index (κ2) is 6.47. The van der Waals surface area contributed by atoms with E-state index in [9.17, 15) is 4.79 Å². The molecule has 5 heteroatoms. The minimum absolute atomic E-state index is 0.00650. The lowest BCUT2D eigenvalue weighted by Gasteiger charge is -2.15. The van der Waals surface area contributed by atoms with Gasteiger partial charge in [0, 0.05) is 26.2 Å². The number of nitrogens with zero attached hydrogens (tertiary/aromatic N) is 1. The Morgan fingerprint density at radius 3 is 2.76 bits per heavy atom. The zero-order valence-electron chi connectivity index (χ0n) is 10.3. The van der Waals surface area contributed by atoms with E-state index in [2.05, 4.69) is 5.32 Å². The largest absolute Gasteiger partial charge is 0.482 e. The maximum absolute atomic E-state index is 11.4. The van der Waals surface area contributed by atoms with Crippen LogP contribution in [0.4, 0.5) is 0 Å². The highest BCUT2D eigenvalue weighted by molar-refractivity contribution is 6.32. The number of likely N-dealkylation sites (N-methyl/N-ethyl adjacent to an activating group) is 1. The van der Waals surface area contributed by atoms with Crippen LogP contribution < -0.4 is 10.1 Å². The number of rotatable bonds is 5. The van der Waals surface area contributed by atoms with Crippen molar-refractivity contribution in [2.45, 2.75) is 6.54 Å². The number of amides is 1. The molecule has 1 rings (SSSR count). The summed E-state index contributed by atoms with van der Waals surface area (Å²) < 4.78 is 5.48. The van der Waals surface area contributed by atoms with Crippen LogP contribution in [0.5, 0.6) is 5.75 Å². The summed E-state index contributed by atoms with van der Waals surface area (Å²) in [7, 11) is 5.22. The van der Waals surface area contributed by atoms with E-state index in [1.807, 2.05) is 19.2 Å². The second-order valence-corrected chi connectivity index (χ2v) is 4.24. The van der Waals surface area contributed by atoms with Crippen molar-refractivity contribution in [3.63, 3.8) is 0 Å². The molecule has 0 heterocycles. The van der Waals surface area contributed by atoms with E-state index in [4.69, 9.17) is 16.3 Å². The molecule has 0 aliphatic heterocycles. The molecule has 0 aliphatic carbocycles. The Bertz CT molecular complexity index is 394. The summed E-state index contributed by atoms with van der Waals surface area (Å²) >= 11 is 6.05. The molecule has 0 fully saturated rings. The number of benzene rings is 1. The fourth-order valence-electron chi connectivity index (χ4n) is 1.31. The summed E-state index contributed by atoms with van der Waals surface area (Å²) in [6.45, 7) is 0.638. The zero-order chi connectivity index (χ0) is 12.8. The first kappa shape index (κ1) is 13.8. The molecular weight excluding hydrogens is 240 g/mol. The third-order valence-electron chi connectivity index (χ3n) is 2.25. The molecule has 0 aliphatic rings. The highest BCUT2D eigenvalue weighted by atomic mass is 35.5. The molecule has 4 nitrogen and oxygen atoms in total. The predicted octanol–water partition coefficient (Wildman–Crippen LogP) is 1.53. The minimum atomic E-state index is -0.0969. The predicted molar refractivity (Wildman–Crippen MR) is 68.4 cm³/mol. The van der Waals surface area contributed by atoms with Crippen molar-refractivity contribution in [1.29, 1.82) is 0 Å². The van der Waals surface area contributed by atoms with Gasteiger partial charge in [0.1, 0.15) is 5.75 Å². The van der Waals surface area contributed by atoms with Crippen LogP contribution in [0.25, 0.3) is 0 Å². The van der Waals surface area contributed by atoms with Gasteiger partial charge in [-0.3, -0.25) is 4.79 Å². The average molecular weight is 257 g/mol. The van der Waals surface area contributed by atoms with Gasteiger partial charge in [0.15, 0.2) is 6.61 Å². The molecule has 0 saturated carbocycles. The molecule has 0 bridgehead atoms. The van der Waals surface area contributed by atoms with E-state index in [0.29, 0.717) is 17.3 Å². The second-order valence-electron chi connectivity index (χ2n) is 3.84. The third-order valence-corrected chi connectivity index (χ3v) is 2.55. The number of nitrogens with one attached hydrogen (secondary N) is 1. The van der Waals surface area contributed by atoms with Crippen molar-refractivity contribution in [1.82, 2.24) is 10.2 Å². The van der Waals surface area contributed by atoms with Gasteiger partial charge in [0.05, 0.1) is 5.02 Å². The first-order chi connectivity index (χ1) is 8.06. The van der Waals surface area contributed by atoms with Gasteiger partial charge in [0.2, 0.25) is 0 Å². The van der Waals surface area contributed by atoms with Crippen LogP contribution in [-0.4, -0.2) is 38.6 Å². The van der Waals surface area contributed by atoms with Crippen LogP contribution in [0.2, 0.25) is 5.02 Å². The monoisotopic (exact) mass is 256 g/mol. The average Bonchev–Trinajstić information content (AvgIpc) is 2.28. The molecule has 0 saturated heterocycles. The molecule has 94 valence electrons. The maximum atomic E-state index is 11.4. The Morgan fingerprint density at radius 1 is 1.47 bits per heavy atom. The van der Waals surface area contributed by atoms with Gasteiger partial charge in [0.25, 0.3) is 5.91 Å². The van der Waals surface area contributed by atoms with Gasteiger partial charge >= 0.3 is 0 Å². The summed E-state index contributed by atoms with van der Waals surface area (Å²) in [4.78, 5) is 12.9. The number of halogens is 1. The summed E-state index contributed by atoms with van der Waals surface area (Å²) in [6.07, 6.45) is 0. The summed E-state index contributed by atoms with van der Waals surface area (Å²) in [5.74, 6) is 0.471. The fourth-order valence-corrected chi connectivity index (χ4v) is 1.56. The number of hydrogen-bond acceptors (Lipinski definition) is 3. The zero-order valence-corrected chi connectivity index (χ0v) is 11.0. The third kappa shape index (κ3) is 3.91. The fraction of sp³-hybridized carbons (Fsp3) is 0.417. The molecule has 1 N–H and O–H groups in total. The minimum Gasteiger partial charge on any atom is -0.482 e. The SMILES string of the molecule is CNCc1cccc(Cl)c1OCC(=O)N(C)C. The molecule has 0 aromatic heterocycles. The van der Waals surface area contributed by atoms with Crippen LogP contribution >= 0.6 is 11.6 Å². The van der Waals surface area contributed by atoms with Crippen LogP contribution in [-0.2, 0) is 11.3 Å². The molecule has 1 aromatic rings. The number of ether oxygens (including phenoxy) is 1. The van der Waals surface area contributed by atoms with Crippen LogP contribution in [0, 0.1) is 0 Å². The Hall–Kier alpha value is -1.26. The van der Waals surface area contributed by atoms with Gasteiger partial charge in [-0.25, -0.2) is 0 Å². The van der Waals surface area contributed by atoms with Gasteiger partial charge in [-0.15, -0.1) is 0 Å². The first-order valence-electron chi connectivity index (χ1n) is 5.31. The van der Waals surface area contributed by atoms with Gasteiger partial charge < -0.3 is 15.0 Å². The smallest absolute Gasteiger partial charge is 0.259 e. The van der Waals surface area contributed by atoms with E-state index in [1.54, 1.807) is 20.2 Å². The van der Waals surface area contributed by atoms with Crippen LogP contribution in [0.15, 0.2) is 18.2 Å². The van der Waals surface area contributed by atoms with E-state index in [-0.39, 0.29) is 12.5 Å². The molecule has 17 heavy (non-hydrogen) atoms. The standard InChI is InChI=1S/C12H17ClN2O2/c1-14-7-9-5-4-6-10(13)12(9)17-8-11(16)15(2)3/h4-6,14H,7-8H2,1-3H3. The normalized spacial score (nSPS) is 10.1. The quantitative estimate of drug-likeness (QED) is 0.869. The first-order valence-corrected chi connectivity index (χ1v) is 5.69. The Kier molecular flexibility index (Phi) is 5.25. The van der Waals surface area contributed by atoms with Crippen LogP contribution in [0.3, 0.4) is 0 Å². The number of para-hydroxylation sites is 1. The van der Waals surface area contributed by atoms with E-state index in [0.717, 1.165) is 5.56 Å². The maximum Gasteiger partial charge on any atom is 0.259 e. The van der Waals surface area contributed by atoms with Crippen molar-refractivity contribution in [2.75, 3.05) is 27.7 Å². The highest BCUT2D eigenvalue weighted by Gasteiger charge is 2.11. The van der Waals surface area contributed by atoms with Crippen molar-refractivity contribution >= 4 is 17.5 Å². The number of carbonyl (C=O) groups is 1. The summed E-state index contributed by atoms with van der Waals surface area (Å²) in [5.41, 5.74) is 0.937. The molecule has 0 atom stereocenters. The summed E-state index contributed by atoms with van der Waals surface area (Å²) in [5, 5.41) is 3.55. The lowest BCUT2D eigenvalue weighted by atomic mass is 10.2. The summed E-state index contributed by atoms with van der Waals surface area (Å²) in [6, 6.07) is 5.52. The number of carbonyl (C=O) groups excluding carboxylic acids is 1. The Morgan fingerprint density at radius 2 is 2.18 bits per heavy atom. The Labute approximate surface area is 107 Å². The van der Waals surface area contributed by atoms with Crippen LogP contribution in [0.1, 0.15) is 5.56 Å².